The fourth-order valence-corrected chi connectivity index (χ4v) is 2.61. The van der Waals surface area contributed by atoms with Gasteiger partial charge in [0.05, 0.1) is 17.1 Å². The average Bonchev–Trinajstić information content (AvgIpc) is 2.90. The number of hydrogen-bond acceptors (Lipinski definition) is 4. The molecule has 20 heavy (non-hydrogen) atoms. The highest BCUT2D eigenvalue weighted by molar-refractivity contribution is 5.37. The van der Waals surface area contributed by atoms with Gasteiger partial charge in [-0.1, -0.05) is 25.7 Å². The predicted molar refractivity (Wildman–Crippen MR) is 71.1 cm³/mol. The number of non-ortho nitro benzene ring substituents is 1. The van der Waals surface area contributed by atoms with Crippen molar-refractivity contribution in [3.63, 3.8) is 0 Å². The van der Waals surface area contributed by atoms with Crippen LogP contribution in [-0.4, -0.2) is 22.7 Å². The third kappa shape index (κ3) is 3.90. The maximum atomic E-state index is 13.6. The van der Waals surface area contributed by atoms with Crippen LogP contribution in [-0.2, 0) is 0 Å². The molecule has 1 fully saturated rings. The fourth-order valence-electron chi connectivity index (χ4n) is 2.61. The number of hydrogen-bond donors (Lipinski definition) is 1. The number of nitro benzene ring substituents is 1. The lowest BCUT2D eigenvalue weighted by molar-refractivity contribution is -0.385. The minimum Gasteiger partial charge on any atom is -0.488 e. The lowest BCUT2D eigenvalue weighted by atomic mass is 10.0. The number of nitro groups is 1. The molecule has 1 aliphatic rings. The first-order valence-electron chi connectivity index (χ1n) is 6.81. The van der Waals surface area contributed by atoms with Crippen molar-refractivity contribution in [2.24, 2.45) is 5.92 Å². The zero-order valence-electron chi connectivity index (χ0n) is 11.1. The summed E-state index contributed by atoms with van der Waals surface area (Å²) in [4.78, 5) is 9.82. The predicted octanol–water partition coefficient (Wildman–Crippen LogP) is 3.05. The molecule has 1 aromatic rings. The van der Waals surface area contributed by atoms with Crippen LogP contribution < -0.4 is 4.74 Å². The maximum Gasteiger partial charge on any atom is 0.272 e. The minimum absolute atomic E-state index is 0.00519. The SMILES string of the molecule is O=[N+]([O-])c1ccc(OCC(O)CC2CCCC2)c(F)c1. The Balaban J connectivity index is 1.85. The van der Waals surface area contributed by atoms with Crippen molar-refractivity contribution in [3.05, 3.63) is 34.1 Å². The van der Waals surface area contributed by atoms with E-state index in [1.165, 1.54) is 25.0 Å². The van der Waals surface area contributed by atoms with E-state index in [9.17, 15) is 19.6 Å². The van der Waals surface area contributed by atoms with Gasteiger partial charge >= 0.3 is 0 Å². The normalized spacial score (nSPS) is 17.1. The van der Waals surface area contributed by atoms with Crippen LogP contribution in [0.15, 0.2) is 18.2 Å². The van der Waals surface area contributed by atoms with Crippen LogP contribution in [0.2, 0.25) is 0 Å². The Kier molecular flexibility index (Phi) is 4.89. The smallest absolute Gasteiger partial charge is 0.272 e. The number of aliphatic hydroxyl groups excluding tert-OH is 1. The standard InChI is InChI=1S/C14H18FNO4/c15-13-8-11(16(18)19)5-6-14(13)20-9-12(17)7-10-3-1-2-4-10/h5-6,8,10,12,17H,1-4,7,9H2. The van der Waals surface area contributed by atoms with Gasteiger partial charge in [0.1, 0.15) is 6.61 Å². The number of benzene rings is 1. The lowest BCUT2D eigenvalue weighted by Gasteiger charge is -2.16. The number of aliphatic hydroxyl groups is 1. The van der Waals surface area contributed by atoms with Gasteiger partial charge in [-0.05, 0) is 18.4 Å². The molecule has 5 nitrogen and oxygen atoms in total. The molecular weight excluding hydrogens is 265 g/mol. The van der Waals surface area contributed by atoms with Crippen molar-refractivity contribution in [2.75, 3.05) is 6.61 Å². The van der Waals surface area contributed by atoms with Crippen LogP contribution in [0.5, 0.6) is 5.75 Å². The van der Waals surface area contributed by atoms with Gasteiger partial charge in [-0.2, -0.15) is 0 Å². The summed E-state index contributed by atoms with van der Waals surface area (Å²) in [5, 5.41) is 20.3. The Labute approximate surface area is 116 Å². The average molecular weight is 283 g/mol. The fraction of sp³-hybridized carbons (Fsp3) is 0.571. The summed E-state index contributed by atoms with van der Waals surface area (Å²) in [6.45, 7) is 0.00519. The monoisotopic (exact) mass is 283 g/mol. The van der Waals surface area contributed by atoms with Gasteiger partial charge in [-0.3, -0.25) is 10.1 Å². The number of nitrogens with zero attached hydrogens (tertiary/aromatic N) is 1. The molecule has 0 radical (unpaired) electrons. The number of ether oxygens (including phenoxy) is 1. The summed E-state index contributed by atoms with van der Waals surface area (Å²) in [6, 6.07) is 3.22. The molecule has 0 heterocycles. The highest BCUT2D eigenvalue weighted by Gasteiger charge is 2.20. The molecule has 110 valence electrons. The van der Waals surface area contributed by atoms with Crippen LogP contribution in [0.1, 0.15) is 32.1 Å². The summed E-state index contributed by atoms with van der Waals surface area (Å²) < 4.78 is 18.8. The summed E-state index contributed by atoms with van der Waals surface area (Å²) >= 11 is 0. The van der Waals surface area contributed by atoms with E-state index in [-0.39, 0.29) is 18.0 Å². The van der Waals surface area contributed by atoms with E-state index in [0.717, 1.165) is 18.9 Å². The Morgan fingerprint density at radius 1 is 1.45 bits per heavy atom. The summed E-state index contributed by atoms with van der Waals surface area (Å²) in [5.41, 5.74) is -0.318. The Hall–Kier alpha value is -1.69. The van der Waals surface area contributed by atoms with Crippen LogP contribution in [0.25, 0.3) is 0 Å². The molecule has 6 heteroatoms. The first-order chi connectivity index (χ1) is 9.56. The molecule has 0 saturated heterocycles. The maximum absolute atomic E-state index is 13.6. The van der Waals surface area contributed by atoms with E-state index in [0.29, 0.717) is 12.3 Å². The molecule has 0 aliphatic heterocycles. The second-order valence-electron chi connectivity index (χ2n) is 5.22. The number of rotatable bonds is 6. The Morgan fingerprint density at radius 3 is 2.75 bits per heavy atom. The van der Waals surface area contributed by atoms with Gasteiger partial charge in [0.25, 0.3) is 5.69 Å². The third-order valence-corrected chi connectivity index (χ3v) is 3.64. The molecule has 0 bridgehead atoms. The van der Waals surface area contributed by atoms with Crippen molar-refractivity contribution in [1.82, 2.24) is 0 Å². The van der Waals surface area contributed by atoms with Crippen LogP contribution in [0.3, 0.4) is 0 Å². The molecule has 1 aliphatic carbocycles. The minimum atomic E-state index is -0.785. The van der Waals surface area contributed by atoms with Crippen molar-refractivity contribution in [2.45, 2.75) is 38.2 Å². The van der Waals surface area contributed by atoms with E-state index in [1.54, 1.807) is 0 Å². The van der Waals surface area contributed by atoms with E-state index < -0.39 is 16.8 Å². The third-order valence-electron chi connectivity index (χ3n) is 3.64. The van der Waals surface area contributed by atoms with E-state index in [4.69, 9.17) is 4.74 Å². The highest BCUT2D eigenvalue weighted by Crippen LogP contribution is 2.29. The molecule has 1 N–H and O–H groups in total. The number of halogens is 1. The second-order valence-corrected chi connectivity index (χ2v) is 5.22. The molecule has 2 rings (SSSR count). The van der Waals surface area contributed by atoms with Gasteiger partial charge in [0.15, 0.2) is 11.6 Å². The van der Waals surface area contributed by atoms with Crippen LogP contribution >= 0.6 is 0 Å². The molecule has 0 aromatic heterocycles. The quantitative estimate of drug-likeness (QED) is 0.643. The summed E-state index contributed by atoms with van der Waals surface area (Å²) in [6.07, 6.45) is 4.69. The second kappa shape index (κ2) is 6.65. The van der Waals surface area contributed by atoms with Crippen LogP contribution in [0.4, 0.5) is 10.1 Å². The topological polar surface area (TPSA) is 72.6 Å². The molecular formula is C14H18FNO4. The molecule has 0 amide bonds. The summed E-state index contributed by atoms with van der Waals surface area (Å²) in [5.74, 6) is -0.330. The van der Waals surface area contributed by atoms with Crippen molar-refractivity contribution < 1.29 is 19.2 Å². The van der Waals surface area contributed by atoms with Gasteiger partial charge in [-0.25, -0.2) is 4.39 Å². The molecule has 1 saturated carbocycles. The van der Waals surface area contributed by atoms with E-state index in [2.05, 4.69) is 0 Å². The van der Waals surface area contributed by atoms with Gasteiger partial charge < -0.3 is 9.84 Å². The zero-order chi connectivity index (χ0) is 14.5. The lowest BCUT2D eigenvalue weighted by Crippen LogP contribution is -2.20. The van der Waals surface area contributed by atoms with E-state index in [1.807, 2.05) is 0 Å². The first-order valence-corrected chi connectivity index (χ1v) is 6.81. The van der Waals surface area contributed by atoms with Gasteiger partial charge in [0, 0.05) is 6.07 Å². The van der Waals surface area contributed by atoms with Gasteiger partial charge in [-0.15, -0.1) is 0 Å². The Bertz CT molecular complexity index is 474. The molecule has 1 atom stereocenters. The summed E-state index contributed by atoms with van der Waals surface area (Å²) in [7, 11) is 0. The van der Waals surface area contributed by atoms with Crippen molar-refractivity contribution >= 4 is 5.69 Å². The van der Waals surface area contributed by atoms with Crippen molar-refractivity contribution in [1.29, 1.82) is 0 Å². The highest BCUT2D eigenvalue weighted by atomic mass is 19.1. The molecule has 1 aromatic carbocycles. The first kappa shape index (κ1) is 14.7. The van der Waals surface area contributed by atoms with E-state index >= 15 is 0 Å². The Morgan fingerprint density at radius 2 is 2.15 bits per heavy atom. The van der Waals surface area contributed by atoms with Gasteiger partial charge in [0.2, 0.25) is 0 Å². The van der Waals surface area contributed by atoms with Crippen LogP contribution in [0, 0.1) is 21.8 Å². The van der Waals surface area contributed by atoms with Crippen molar-refractivity contribution in [3.8, 4) is 5.75 Å². The zero-order valence-corrected chi connectivity index (χ0v) is 11.1. The molecule has 1 unspecified atom stereocenters. The molecule has 0 spiro atoms. The largest absolute Gasteiger partial charge is 0.488 e.